The van der Waals surface area contributed by atoms with Crippen LogP contribution in [0.3, 0.4) is 0 Å². The predicted molar refractivity (Wildman–Crippen MR) is 65.2 cm³/mol. The van der Waals surface area contributed by atoms with Crippen LogP contribution in [0.4, 0.5) is 5.82 Å². The second kappa shape index (κ2) is 5.33. The summed E-state index contributed by atoms with van der Waals surface area (Å²) < 4.78 is 0. The summed E-state index contributed by atoms with van der Waals surface area (Å²) >= 11 is 5.74. The fourth-order valence-electron chi connectivity index (χ4n) is 1.29. The van der Waals surface area contributed by atoms with Crippen LogP contribution in [-0.4, -0.2) is 18.1 Å². The molecule has 0 bridgehead atoms. The van der Waals surface area contributed by atoms with E-state index in [1.54, 1.807) is 6.20 Å². The molecule has 0 unspecified atom stereocenters. The van der Waals surface area contributed by atoms with Gasteiger partial charge in [-0.3, -0.25) is 0 Å². The second-order valence-electron chi connectivity index (χ2n) is 4.42. The first-order valence-electron chi connectivity index (χ1n) is 5.09. The number of aromatic nitrogens is 1. The number of nitrogens with one attached hydrogen (secondary N) is 1. The Morgan fingerprint density at radius 1 is 1.47 bits per heavy atom. The van der Waals surface area contributed by atoms with E-state index in [4.69, 9.17) is 17.3 Å². The van der Waals surface area contributed by atoms with Crippen LogP contribution in [0.2, 0.25) is 5.02 Å². The van der Waals surface area contributed by atoms with Crippen LogP contribution < -0.4 is 11.1 Å². The van der Waals surface area contributed by atoms with E-state index in [-0.39, 0.29) is 5.41 Å². The molecule has 15 heavy (non-hydrogen) atoms. The molecule has 0 aliphatic carbocycles. The highest BCUT2D eigenvalue weighted by Gasteiger charge is 2.16. The first-order chi connectivity index (χ1) is 7.03. The molecule has 0 aliphatic heterocycles. The Bertz CT molecular complexity index is 295. The Kier molecular flexibility index (Phi) is 4.36. The monoisotopic (exact) mass is 227 g/mol. The van der Waals surface area contributed by atoms with Crippen molar-refractivity contribution >= 4 is 17.4 Å². The quantitative estimate of drug-likeness (QED) is 0.813. The molecule has 4 heteroatoms. The molecule has 0 amide bonds. The van der Waals surface area contributed by atoms with Crippen molar-refractivity contribution in [2.75, 3.05) is 18.4 Å². The lowest BCUT2D eigenvalue weighted by Gasteiger charge is -2.24. The van der Waals surface area contributed by atoms with Crippen LogP contribution in [0.5, 0.6) is 0 Å². The summed E-state index contributed by atoms with van der Waals surface area (Å²) in [6.07, 6.45) is 2.63. The van der Waals surface area contributed by atoms with Crippen molar-refractivity contribution in [2.45, 2.75) is 20.3 Å². The van der Waals surface area contributed by atoms with Gasteiger partial charge in [-0.1, -0.05) is 25.4 Å². The molecule has 0 saturated carbocycles. The Morgan fingerprint density at radius 3 is 2.73 bits per heavy atom. The summed E-state index contributed by atoms with van der Waals surface area (Å²) in [4.78, 5) is 4.17. The normalized spacial score (nSPS) is 11.5. The zero-order valence-corrected chi connectivity index (χ0v) is 10.0. The van der Waals surface area contributed by atoms with Gasteiger partial charge in [0.25, 0.3) is 0 Å². The molecular formula is C11H18ClN3. The number of anilines is 1. The third-order valence-electron chi connectivity index (χ3n) is 2.30. The van der Waals surface area contributed by atoms with Crippen LogP contribution in [0.1, 0.15) is 20.3 Å². The van der Waals surface area contributed by atoms with Crippen molar-refractivity contribution in [3.05, 3.63) is 23.4 Å². The number of pyridine rings is 1. The van der Waals surface area contributed by atoms with Gasteiger partial charge in [-0.2, -0.15) is 0 Å². The predicted octanol–water partition coefficient (Wildman–Crippen LogP) is 2.52. The number of hydrogen-bond donors (Lipinski definition) is 2. The summed E-state index contributed by atoms with van der Waals surface area (Å²) in [7, 11) is 0. The molecule has 3 nitrogen and oxygen atoms in total. The lowest BCUT2D eigenvalue weighted by Crippen LogP contribution is -2.26. The lowest BCUT2D eigenvalue weighted by molar-refractivity contribution is 0.365. The van der Waals surface area contributed by atoms with Gasteiger partial charge in [-0.05, 0) is 30.5 Å². The van der Waals surface area contributed by atoms with Crippen LogP contribution in [0.25, 0.3) is 0 Å². The highest BCUT2D eigenvalue weighted by Crippen LogP contribution is 2.20. The molecule has 0 aromatic carbocycles. The summed E-state index contributed by atoms with van der Waals surface area (Å²) in [6.45, 7) is 5.94. The van der Waals surface area contributed by atoms with E-state index in [1.807, 2.05) is 12.1 Å². The smallest absolute Gasteiger partial charge is 0.126 e. The van der Waals surface area contributed by atoms with Gasteiger partial charge in [-0.15, -0.1) is 0 Å². The molecule has 1 aromatic rings. The largest absolute Gasteiger partial charge is 0.370 e. The minimum atomic E-state index is 0.191. The SMILES string of the molecule is CC(C)(CCN)CNc1ccc(Cl)cn1. The minimum absolute atomic E-state index is 0.191. The van der Waals surface area contributed by atoms with Crippen molar-refractivity contribution in [2.24, 2.45) is 11.1 Å². The summed E-state index contributed by atoms with van der Waals surface area (Å²) in [5.41, 5.74) is 5.73. The van der Waals surface area contributed by atoms with Crippen LogP contribution >= 0.6 is 11.6 Å². The fourth-order valence-corrected chi connectivity index (χ4v) is 1.40. The molecule has 3 N–H and O–H groups in total. The maximum absolute atomic E-state index is 5.74. The summed E-state index contributed by atoms with van der Waals surface area (Å²) in [5.74, 6) is 0.851. The molecule has 0 fully saturated rings. The topological polar surface area (TPSA) is 50.9 Å². The van der Waals surface area contributed by atoms with Gasteiger partial charge in [0.05, 0.1) is 5.02 Å². The molecule has 0 spiro atoms. The molecule has 0 atom stereocenters. The molecule has 1 aromatic heterocycles. The summed E-state index contributed by atoms with van der Waals surface area (Å²) in [5, 5.41) is 3.93. The average Bonchev–Trinajstić information content (AvgIpc) is 2.17. The van der Waals surface area contributed by atoms with E-state index in [0.29, 0.717) is 11.6 Å². The van der Waals surface area contributed by atoms with Crippen molar-refractivity contribution in [1.29, 1.82) is 0 Å². The van der Waals surface area contributed by atoms with Gasteiger partial charge in [-0.25, -0.2) is 4.98 Å². The maximum atomic E-state index is 5.74. The van der Waals surface area contributed by atoms with Gasteiger partial charge in [0.1, 0.15) is 5.82 Å². The number of nitrogens with two attached hydrogens (primary N) is 1. The third kappa shape index (κ3) is 4.49. The van der Waals surface area contributed by atoms with Gasteiger partial charge in [0.15, 0.2) is 0 Å². The molecule has 0 radical (unpaired) electrons. The Hall–Kier alpha value is -0.800. The second-order valence-corrected chi connectivity index (χ2v) is 4.85. The van der Waals surface area contributed by atoms with E-state index < -0.39 is 0 Å². The van der Waals surface area contributed by atoms with Crippen molar-refractivity contribution < 1.29 is 0 Å². The van der Waals surface area contributed by atoms with E-state index in [2.05, 4.69) is 24.1 Å². The average molecular weight is 228 g/mol. The number of rotatable bonds is 5. The fraction of sp³-hybridized carbons (Fsp3) is 0.545. The van der Waals surface area contributed by atoms with E-state index >= 15 is 0 Å². The number of halogens is 1. The van der Waals surface area contributed by atoms with E-state index in [1.165, 1.54) is 0 Å². The van der Waals surface area contributed by atoms with Crippen molar-refractivity contribution in [3.8, 4) is 0 Å². The van der Waals surface area contributed by atoms with Crippen LogP contribution in [0.15, 0.2) is 18.3 Å². The third-order valence-corrected chi connectivity index (χ3v) is 2.52. The highest BCUT2D eigenvalue weighted by atomic mass is 35.5. The first kappa shape index (κ1) is 12.3. The Labute approximate surface area is 96.0 Å². The van der Waals surface area contributed by atoms with E-state index in [0.717, 1.165) is 18.8 Å². The minimum Gasteiger partial charge on any atom is -0.370 e. The first-order valence-corrected chi connectivity index (χ1v) is 5.47. The summed E-state index contributed by atoms with van der Waals surface area (Å²) in [6, 6.07) is 3.70. The van der Waals surface area contributed by atoms with Gasteiger partial charge < -0.3 is 11.1 Å². The van der Waals surface area contributed by atoms with Crippen LogP contribution in [-0.2, 0) is 0 Å². The Balaban J connectivity index is 2.46. The molecular weight excluding hydrogens is 210 g/mol. The van der Waals surface area contributed by atoms with Gasteiger partial charge in [0.2, 0.25) is 0 Å². The van der Waals surface area contributed by atoms with Crippen molar-refractivity contribution in [3.63, 3.8) is 0 Å². The molecule has 0 aliphatic rings. The highest BCUT2D eigenvalue weighted by molar-refractivity contribution is 6.30. The standard InChI is InChI=1S/C11H18ClN3/c1-11(2,5-6-13)8-15-10-4-3-9(12)7-14-10/h3-4,7H,5-6,8,13H2,1-2H3,(H,14,15). The van der Waals surface area contributed by atoms with Gasteiger partial charge >= 0.3 is 0 Å². The zero-order valence-electron chi connectivity index (χ0n) is 9.26. The van der Waals surface area contributed by atoms with Crippen LogP contribution in [0, 0.1) is 5.41 Å². The maximum Gasteiger partial charge on any atom is 0.126 e. The number of nitrogens with zero attached hydrogens (tertiary/aromatic N) is 1. The Morgan fingerprint density at radius 2 is 2.20 bits per heavy atom. The lowest BCUT2D eigenvalue weighted by atomic mass is 9.89. The van der Waals surface area contributed by atoms with Gasteiger partial charge in [0, 0.05) is 12.7 Å². The molecule has 1 heterocycles. The molecule has 1 rings (SSSR count). The molecule has 84 valence electrons. The van der Waals surface area contributed by atoms with Crippen molar-refractivity contribution in [1.82, 2.24) is 4.98 Å². The molecule has 0 saturated heterocycles. The number of hydrogen-bond acceptors (Lipinski definition) is 3. The zero-order chi connectivity index (χ0) is 11.3. The van der Waals surface area contributed by atoms with E-state index in [9.17, 15) is 0 Å².